The zero-order valence-corrected chi connectivity index (χ0v) is 14.4. The van der Waals surface area contributed by atoms with E-state index in [1.165, 1.54) is 32.1 Å². The molecule has 0 unspecified atom stereocenters. The minimum Gasteiger partial charge on any atom is -0.296 e. The van der Waals surface area contributed by atoms with Crippen molar-refractivity contribution in [3.63, 3.8) is 0 Å². The fraction of sp³-hybridized carbons (Fsp3) is 0.615. The first-order valence-corrected chi connectivity index (χ1v) is 8.66. The number of nitrogens with zero attached hydrogens (tertiary/aromatic N) is 1. The average molecular weight is 395 g/mol. The second kappa shape index (κ2) is 6.64. The van der Waals surface area contributed by atoms with E-state index >= 15 is 0 Å². The summed E-state index contributed by atoms with van der Waals surface area (Å²) >= 11 is 8.42. The molecule has 0 N–H and O–H groups in total. The van der Waals surface area contributed by atoms with Gasteiger partial charge in [-0.3, -0.25) is 9.69 Å². The molecule has 18 heavy (non-hydrogen) atoms. The molecule has 1 aromatic heterocycles. The van der Waals surface area contributed by atoms with Gasteiger partial charge in [0.1, 0.15) is 0 Å². The lowest BCUT2D eigenvalue weighted by Crippen LogP contribution is -2.37. The van der Waals surface area contributed by atoms with Gasteiger partial charge in [0, 0.05) is 11.6 Å². The predicted octanol–water partition coefficient (Wildman–Crippen LogP) is 4.72. The van der Waals surface area contributed by atoms with Crippen molar-refractivity contribution in [3.05, 3.63) is 19.2 Å². The van der Waals surface area contributed by atoms with E-state index in [0.29, 0.717) is 12.6 Å². The molecule has 0 saturated heterocycles. The van der Waals surface area contributed by atoms with Gasteiger partial charge >= 0.3 is 0 Å². The van der Waals surface area contributed by atoms with Crippen molar-refractivity contribution >= 4 is 49.0 Å². The van der Waals surface area contributed by atoms with Gasteiger partial charge in [0.25, 0.3) is 0 Å². The Hall–Kier alpha value is 0.290. The molecule has 0 aliphatic heterocycles. The molecule has 0 aromatic carbocycles. The van der Waals surface area contributed by atoms with Crippen LogP contribution in [0.1, 0.15) is 42.5 Å². The number of likely N-dealkylation sites (N-methyl/N-ethyl adjacent to an activating group) is 1. The molecule has 0 radical (unpaired) electrons. The number of carbonyl (C=O) groups is 1. The molecule has 0 bridgehead atoms. The molecule has 1 aromatic rings. The van der Waals surface area contributed by atoms with Crippen LogP contribution in [0.15, 0.2) is 13.6 Å². The van der Waals surface area contributed by atoms with E-state index in [0.717, 1.165) is 13.1 Å². The highest BCUT2D eigenvalue weighted by Crippen LogP contribution is 2.32. The Bertz CT molecular complexity index is 427. The lowest BCUT2D eigenvalue weighted by atomic mass is 9.94. The number of halogens is 2. The van der Waals surface area contributed by atoms with Crippen LogP contribution in [0.25, 0.3) is 0 Å². The second-order valence-electron chi connectivity index (χ2n) is 4.87. The summed E-state index contributed by atoms with van der Waals surface area (Å²) in [5.74, 6) is 0.205. The minimum atomic E-state index is 0.205. The third kappa shape index (κ3) is 3.65. The lowest BCUT2D eigenvalue weighted by molar-refractivity contribution is 0.0899. The van der Waals surface area contributed by atoms with Crippen molar-refractivity contribution in [1.29, 1.82) is 0 Å². The lowest BCUT2D eigenvalue weighted by Gasteiger charge is -2.30. The topological polar surface area (TPSA) is 20.3 Å². The third-order valence-electron chi connectivity index (χ3n) is 3.55. The molecule has 5 heteroatoms. The van der Waals surface area contributed by atoms with Crippen molar-refractivity contribution in [2.75, 3.05) is 13.6 Å². The summed E-state index contributed by atoms with van der Waals surface area (Å²) in [5.41, 5.74) is 0.800. The maximum Gasteiger partial charge on any atom is 0.178 e. The van der Waals surface area contributed by atoms with E-state index < -0.39 is 0 Å². The van der Waals surface area contributed by atoms with Crippen molar-refractivity contribution in [1.82, 2.24) is 4.90 Å². The summed E-state index contributed by atoms with van der Waals surface area (Å²) in [4.78, 5) is 14.5. The summed E-state index contributed by atoms with van der Waals surface area (Å²) in [5, 5.41) is 0. The van der Waals surface area contributed by atoms with Gasteiger partial charge in [-0.15, -0.1) is 11.3 Å². The zero-order valence-electron chi connectivity index (χ0n) is 10.4. The summed E-state index contributed by atoms with van der Waals surface area (Å²) in [6, 6.07) is 2.50. The summed E-state index contributed by atoms with van der Waals surface area (Å²) in [7, 11) is 2.07. The van der Waals surface area contributed by atoms with Crippen molar-refractivity contribution < 1.29 is 4.79 Å². The average Bonchev–Trinajstić information content (AvgIpc) is 2.69. The number of hydrogen-bond acceptors (Lipinski definition) is 3. The van der Waals surface area contributed by atoms with Crippen LogP contribution in [0.4, 0.5) is 0 Å². The molecule has 1 aliphatic carbocycles. The number of ketones is 1. The van der Waals surface area contributed by atoms with Crippen LogP contribution < -0.4 is 0 Å². The Kier molecular flexibility index (Phi) is 5.42. The molecule has 2 rings (SSSR count). The Morgan fingerprint density at radius 2 is 2.06 bits per heavy atom. The molecule has 100 valence electrons. The van der Waals surface area contributed by atoms with E-state index in [1.807, 2.05) is 6.07 Å². The predicted molar refractivity (Wildman–Crippen MR) is 83.6 cm³/mol. The van der Waals surface area contributed by atoms with Gasteiger partial charge in [0.2, 0.25) is 0 Å². The maximum atomic E-state index is 12.2. The number of Topliss-reactive ketones (excluding diaryl/α,β-unsaturated/α-hetero) is 1. The van der Waals surface area contributed by atoms with Crippen molar-refractivity contribution in [2.24, 2.45) is 0 Å². The highest BCUT2D eigenvalue weighted by molar-refractivity contribution is 9.12. The summed E-state index contributed by atoms with van der Waals surface area (Å²) < 4.78 is 1.93. The Morgan fingerprint density at radius 1 is 1.39 bits per heavy atom. The molecule has 1 saturated carbocycles. The fourth-order valence-corrected chi connectivity index (χ4v) is 5.35. The van der Waals surface area contributed by atoms with Gasteiger partial charge in [-0.25, -0.2) is 0 Å². The minimum absolute atomic E-state index is 0.205. The zero-order chi connectivity index (χ0) is 13.1. The molecule has 1 aliphatic rings. The molecule has 1 heterocycles. The van der Waals surface area contributed by atoms with E-state index in [-0.39, 0.29) is 5.78 Å². The normalized spacial score (nSPS) is 17.3. The molecule has 1 fully saturated rings. The van der Waals surface area contributed by atoms with Gasteiger partial charge in [-0.1, -0.05) is 19.3 Å². The number of carbonyl (C=O) groups excluding carboxylic acids is 1. The SMILES string of the molecule is CN(CC(=O)c1cc(Br)sc1Br)C1CCCCC1. The number of rotatable bonds is 4. The van der Waals surface area contributed by atoms with Crippen LogP contribution >= 0.6 is 43.2 Å². The van der Waals surface area contributed by atoms with Crippen LogP contribution in [0.3, 0.4) is 0 Å². The van der Waals surface area contributed by atoms with Crippen LogP contribution in [-0.2, 0) is 0 Å². The number of hydrogen-bond donors (Lipinski definition) is 0. The summed E-state index contributed by atoms with van der Waals surface area (Å²) in [6.07, 6.45) is 6.42. The second-order valence-corrected chi connectivity index (χ2v) is 8.62. The first-order chi connectivity index (χ1) is 8.58. The Morgan fingerprint density at radius 3 is 2.61 bits per heavy atom. The van der Waals surface area contributed by atoms with Gasteiger partial charge in [-0.05, 0) is 57.8 Å². The smallest absolute Gasteiger partial charge is 0.178 e. The fourth-order valence-electron chi connectivity index (χ4n) is 2.49. The highest BCUT2D eigenvalue weighted by atomic mass is 79.9. The highest BCUT2D eigenvalue weighted by Gasteiger charge is 2.22. The molecular formula is C13H17Br2NOS. The van der Waals surface area contributed by atoms with Gasteiger partial charge in [-0.2, -0.15) is 0 Å². The van der Waals surface area contributed by atoms with Gasteiger partial charge in [0.05, 0.1) is 14.1 Å². The largest absolute Gasteiger partial charge is 0.296 e. The van der Waals surface area contributed by atoms with E-state index in [9.17, 15) is 4.79 Å². The molecule has 0 amide bonds. The van der Waals surface area contributed by atoms with E-state index in [1.54, 1.807) is 11.3 Å². The van der Waals surface area contributed by atoms with E-state index in [2.05, 4.69) is 43.8 Å². The first-order valence-electron chi connectivity index (χ1n) is 6.26. The van der Waals surface area contributed by atoms with Gasteiger partial charge in [0.15, 0.2) is 5.78 Å². The maximum absolute atomic E-state index is 12.2. The Balaban J connectivity index is 1.96. The standard InChI is InChI=1S/C13H17Br2NOS/c1-16(9-5-3-2-4-6-9)8-11(17)10-7-12(14)18-13(10)15/h7,9H,2-6,8H2,1H3. The van der Waals surface area contributed by atoms with Crippen LogP contribution in [-0.4, -0.2) is 30.3 Å². The first kappa shape index (κ1) is 14.7. The third-order valence-corrected chi connectivity index (χ3v) is 5.89. The quantitative estimate of drug-likeness (QED) is 0.688. The monoisotopic (exact) mass is 393 g/mol. The molecule has 2 nitrogen and oxygen atoms in total. The van der Waals surface area contributed by atoms with Crippen molar-refractivity contribution in [2.45, 2.75) is 38.1 Å². The van der Waals surface area contributed by atoms with Crippen LogP contribution in [0.5, 0.6) is 0 Å². The molecule has 0 spiro atoms. The van der Waals surface area contributed by atoms with Crippen LogP contribution in [0, 0.1) is 0 Å². The van der Waals surface area contributed by atoms with Crippen LogP contribution in [0.2, 0.25) is 0 Å². The van der Waals surface area contributed by atoms with E-state index in [4.69, 9.17) is 0 Å². The van der Waals surface area contributed by atoms with Crippen molar-refractivity contribution in [3.8, 4) is 0 Å². The Labute approximate surface area is 129 Å². The molecule has 0 atom stereocenters. The summed E-state index contributed by atoms with van der Waals surface area (Å²) in [6.45, 7) is 0.520. The van der Waals surface area contributed by atoms with Gasteiger partial charge < -0.3 is 0 Å². The molecular weight excluding hydrogens is 378 g/mol. The number of thiophene rings is 1.